The van der Waals surface area contributed by atoms with Crippen molar-refractivity contribution >= 4 is 23.4 Å². The summed E-state index contributed by atoms with van der Waals surface area (Å²) in [4.78, 5) is 1.24. The molecule has 0 aliphatic rings. The predicted molar refractivity (Wildman–Crippen MR) is 73.1 cm³/mol. The van der Waals surface area contributed by atoms with Crippen LogP contribution in [0.25, 0.3) is 0 Å². The molecule has 0 spiro atoms. The van der Waals surface area contributed by atoms with Gasteiger partial charge in [0.05, 0.1) is 6.54 Å². The molecule has 0 aliphatic carbocycles. The summed E-state index contributed by atoms with van der Waals surface area (Å²) in [6.45, 7) is 2.80. The van der Waals surface area contributed by atoms with E-state index in [1.807, 2.05) is 36.0 Å². The van der Waals surface area contributed by atoms with E-state index in [-0.39, 0.29) is 0 Å². The van der Waals surface area contributed by atoms with Crippen LogP contribution in [0.2, 0.25) is 5.02 Å². The highest BCUT2D eigenvalue weighted by Gasteiger charge is 2.05. The minimum absolute atomic E-state index is 0.469. The Morgan fingerprint density at radius 2 is 2.12 bits per heavy atom. The largest absolute Gasteiger partial charge is 0.303 e. The lowest BCUT2D eigenvalue weighted by atomic mass is 10.2. The fraction of sp³-hybridized carbons (Fsp3) is 0.385. The third-order valence-corrected chi connectivity index (χ3v) is 3.68. The number of benzene rings is 1. The molecule has 1 N–H and O–H groups in total. The summed E-state index contributed by atoms with van der Waals surface area (Å²) >= 11 is 7.65. The van der Waals surface area contributed by atoms with Crippen molar-refractivity contribution in [2.45, 2.75) is 24.3 Å². The van der Waals surface area contributed by atoms with E-state index in [1.54, 1.807) is 0 Å². The van der Waals surface area contributed by atoms with Gasteiger partial charge in [0.1, 0.15) is 0 Å². The second kappa shape index (κ2) is 7.62. The first kappa shape index (κ1) is 13.4. The van der Waals surface area contributed by atoms with E-state index in [1.165, 1.54) is 4.90 Å². The van der Waals surface area contributed by atoms with Crippen LogP contribution >= 0.6 is 23.4 Å². The van der Waals surface area contributed by atoms with E-state index < -0.39 is 0 Å². The van der Waals surface area contributed by atoms with E-state index in [0.717, 1.165) is 17.2 Å². The molecule has 0 heterocycles. The quantitative estimate of drug-likeness (QED) is 0.616. The van der Waals surface area contributed by atoms with Gasteiger partial charge in [0.2, 0.25) is 0 Å². The van der Waals surface area contributed by atoms with Gasteiger partial charge in [-0.2, -0.15) is 0 Å². The van der Waals surface area contributed by atoms with Gasteiger partial charge in [-0.25, -0.2) is 0 Å². The Labute approximate surface area is 107 Å². The Balaban J connectivity index is 2.37. The van der Waals surface area contributed by atoms with E-state index in [9.17, 15) is 0 Å². The van der Waals surface area contributed by atoms with Gasteiger partial charge in [0, 0.05) is 21.7 Å². The lowest BCUT2D eigenvalue weighted by molar-refractivity contribution is 0.579. The third-order valence-electron chi connectivity index (χ3n) is 2.25. The van der Waals surface area contributed by atoms with Crippen LogP contribution in [-0.4, -0.2) is 18.3 Å². The van der Waals surface area contributed by atoms with Crippen molar-refractivity contribution in [3.05, 3.63) is 29.3 Å². The smallest absolute Gasteiger partial charge is 0.0576 e. The van der Waals surface area contributed by atoms with E-state index >= 15 is 0 Å². The second-order valence-electron chi connectivity index (χ2n) is 3.46. The maximum Gasteiger partial charge on any atom is 0.0576 e. The van der Waals surface area contributed by atoms with Gasteiger partial charge in [-0.05, 0) is 30.7 Å². The summed E-state index contributed by atoms with van der Waals surface area (Å²) in [6, 6.07) is 8.39. The Morgan fingerprint density at radius 3 is 2.69 bits per heavy atom. The van der Waals surface area contributed by atoms with Crippen LogP contribution in [0.3, 0.4) is 0 Å². The van der Waals surface area contributed by atoms with Crippen LogP contribution in [0.4, 0.5) is 0 Å². The summed E-state index contributed by atoms with van der Waals surface area (Å²) in [6.07, 6.45) is 6.31. The molecule has 1 unspecified atom stereocenters. The standard InChI is InChI=1S/C13H16ClNS/c1-3-9-15-12(4-2)10-16-13-7-5-11(14)6-8-13/h1,5-8,12,15H,4,9-10H2,2H3. The summed E-state index contributed by atoms with van der Waals surface area (Å²) in [7, 11) is 0. The Kier molecular flexibility index (Phi) is 6.40. The summed E-state index contributed by atoms with van der Waals surface area (Å²) in [5.74, 6) is 3.63. The number of hydrogen-bond donors (Lipinski definition) is 1. The van der Waals surface area contributed by atoms with Gasteiger partial charge < -0.3 is 5.32 Å². The molecule has 0 radical (unpaired) electrons. The molecule has 1 aromatic carbocycles. The normalized spacial score (nSPS) is 12.1. The SMILES string of the molecule is C#CCNC(CC)CSc1ccc(Cl)cc1. The molecule has 0 amide bonds. The fourth-order valence-corrected chi connectivity index (χ4v) is 2.45. The van der Waals surface area contributed by atoms with Crippen molar-refractivity contribution in [3.8, 4) is 12.3 Å². The third kappa shape index (κ3) is 4.94. The summed E-state index contributed by atoms with van der Waals surface area (Å²) in [5.41, 5.74) is 0. The number of thioether (sulfide) groups is 1. The van der Waals surface area contributed by atoms with Crippen molar-refractivity contribution in [1.82, 2.24) is 5.32 Å². The van der Waals surface area contributed by atoms with Crippen molar-refractivity contribution < 1.29 is 0 Å². The Bertz CT molecular complexity index is 342. The van der Waals surface area contributed by atoms with Crippen LogP contribution in [0.1, 0.15) is 13.3 Å². The lowest BCUT2D eigenvalue weighted by Crippen LogP contribution is -2.30. The van der Waals surface area contributed by atoms with Crippen molar-refractivity contribution in [1.29, 1.82) is 0 Å². The molecule has 1 aromatic rings. The first-order valence-corrected chi connectivity index (χ1v) is 6.67. The number of hydrogen-bond acceptors (Lipinski definition) is 2. The highest BCUT2D eigenvalue weighted by atomic mass is 35.5. The molecular weight excluding hydrogens is 238 g/mol. The minimum Gasteiger partial charge on any atom is -0.303 e. The average Bonchev–Trinajstić information content (AvgIpc) is 2.32. The molecule has 0 saturated heterocycles. The second-order valence-corrected chi connectivity index (χ2v) is 4.98. The van der Waals surface area contributed by atoms with Gasteiger partial charge in [-0.15, -0.1) is 18.2 Å². The van der Waals surface area contributed by atoms with Gasteiger partial charge in [-0.1, -0.05) is 24.4 Å². The summed E-state index contributed by atoms with van der Waals surface area (Å²) < 4.78 is 0. The van der Waals surface area contributed by atoms with Crippen LogP contribution in [0.5, 0.6) is 0 Å². The predicted octanol–water partition coefficient (Wildman–Crippen LogP) is 3.43. The molecule has 86 valence electrons. The molecular formula is C13H16ClNS. The zero-order chi connectivity index (χ0) is 11.8. The van der Waals surface area contributed by atoms with E-state index in [4.69, 9.17) is 18.0 Å². The van der Waals surface area contributed by atoms with Crippen molar-refractivity contribution in [2.24, 2.45) is 0 Å². The van der Waals surface area contributed by atoms with E-state index in [0.29, 0.717) is 12.6 Å². The zero-order valence-electron chi connectivity index (χ0n) is 9.37. The molecule has 1 rings (SSSR count). The maximum absolute atomic E-state index is 5.83. The van der Waals surface area contributed by atoms with Gasteiger partial charge in [0.15, 0.2) is 0 Å². The molecule has 0 aliphatic heterocycles. The van der Waals surface area contributed by atoms with Crippen LogP contribution in [-0.2, 0) is 0 Å². The Hall–Kier alpha value is -0.620. The first-order chi connectivity index (χ1) is 7.76. The van der Waals surface area contributed by atoms with Crippen LogP contribution < -0.4 is 5.32 Å². The van der Waals surface area contributed by atoms with Crippen LogP contribution in [0.15, 0.2) is 29.2 Å². The molecule has 0 fully saturated rings. The van der Waals surface area contributed by atoms with Crippen molar-refractivity contribution in [2.75, 3.05) is 12.3 Å². The molecule has 0 bridgehead atoms. The topological polar surface area (TPSA) is 12.0 Å². The number of nitrogens with one attached hydrogen (secondary N) is 1. The lowest BCUT2D eigenvalue weighted by Gasteiger charge is -2.14. The highest BCUT2D eigenvalue weighted by molar-refractivity contribution is 7.99. The first-order valence-electron chi connectivity index (χ1n) is 5.31. The molecule has 0 saturated carbocycles. The van der Waals surface area contributed by atoms with Gasteiger partial charge in [0.25, 0.3) is 0 Å². The maximum atomic E-state index is 5.83. The molecule has 16 heavy (non-hydrogen) atoms. The highest BCUT2D eigenvalue weighted by Crippen LogP contribution is 2.21. The molecule has 1 atom stereocenters. The number of rotatable bonds is 6. The summed E-state index contributed by atoms with van der Waals surface area (Å²) in [5, 5.41) is 4.10. The number of terminal acetylenes is 1. The van der Waals surface area contributed by atoms with Crippen LogP contribution in [0, 0.1) is 12.3 Å². The minimum atomic E-state index is 0.469. The molecule has 0 aromatic heterocycles. The van der Waals surface area contributed by atoms with Gasteiger partial charge >= 0.3 is 0 Å². The monoisotopic (exact) mass is 253 g/mol. The van der Waals surface area contributed by atoms with Gasteiger partial charge in [-0.3, -0.25) is 0 Å². The van der Waals surface area contributed by atoms with Crippen molar-refractivity contribution in [3.63, 3.8) is 0 Å². The Morgan fingerprint density at radius 1 is 1.44 bits per heavy atom. The fourth-order valence-electron chi connectivity index (χ4n) is 1.25. The number of halogens is 1. The molecule has 1 nitrogen and oxygen atoms in total. The average molecular weight is 254 g/mol. The molecule has 3 heteroatoms. The zero-order valence-corrected chi connectivity index (χ0v) is 10.9. The van der Waals surface area contributed by atoms with E-state index in [2.05, 4.69) is 18.2 Å².